The Hall–Kier alpha value is -1.93. The lowest BCUT2D eigenvalue weighted by Crippen LogP contribution is -2.21. The number of nitriles is 1. The second-order valence-corrected chi connectivity index (χ2v) is 3.41. The van der Waals surface area contributed by atoms with Gasteiger partial charge in [-0.25, -0.2) is 0 Å². The average Bonchev–Trinajstić information content (AvgIpc) is 2.24. The number of nitrogens with one attached hydrogen (secondary N) is 1. The molecule has 0 aliphatic heterocycles. The van der Waals surface area contributed by atoms with Crippen molar-refractivity contribution in [2.24, 2.45) is 0 Å². The minimum Gasteiger partial charge on any atom is -0.332 e. The molecule has 0 fully saturated rings. The lowest BCUT2D eigenvalue weighted by atomic mass is 10.2. The van der Waals surface area contributed by atoms with E-state index in [2.05, 4.69) is 4.98 Å². The number of rotatable bonds is 1. The van der Waals surface area contributed by atoms with Gasteiger partial charge in [0.2, 0.25) is 0 Å². The van der Waals surface area contributed by atoms with Gasteiger partial charge in [-0.05, 0) is 24.4 Å². The number of hydrogen-bond donors (Lipinski definition) is 1. The molecule has 1 aromatic carbocycles. The Morgan fingerprint density at radius 1 is 1.47 bits per heavy atom. The molecule has 0 radical (unpaired) electrons. The largest absolute Gasteiger partial charge is 0.332 e. The normalized spacial score (nSPS) is 10.1. The van der Waals surface area contributed by atoms with E-state index in [0.29, 0.717) is 10.9 Å². The Balaban J connectivity index is 2.92. The first-order valence-electron chi connectivity index (χ1n) is 4.33. The molecule has 74 valence electrons. The summed E-state index contributed by atoms with van der Waals surface area (Å²) >= 11 is 4.99. The monoisotopic (exact) mass is 217 g/mol. The van der Waals surface area contributed by atoms with Crippen LogP contribution in [0.2, 0.25) is 0 Å². The van der Waals surface area contributed by atoms with Crippen LogP contribution in [0.1, 0.15) is 0 Å². The van der Waals surface area contributed by atoms with Crippen molar-refractivity contribution in [3.8, 4) is 6.07 Å². The average molecular weight is 217 g/mol. The van der Waals surface area contributed by atoms with E-state index in [1.54, 1.807) is 18.2 Å². The van der Waals surface area contributed by atoms with Crippen LogP contribution in [0.25, 0.3) is 10.9 Å². The number of para-hydroxylation sites is 1. The second-order valence-electron chi connectivity index (χ2n) is 3.03. The van der Waals surface area contributed by atoms with Gasteiger partial charge >= 0.3 is 0 Å². The highest BCUT2D eigenvalue weighted by Crippen LogP contribution is 2.05. The van der Waals surface area contributed by atoms with Crippen LogP contribution in [0.4, 0.5) is 0 Å². The second kappa shape index (κ2) is 3.67. The summed E-state index contributed by atoms with van der Waals surface area (Å²) in [5.74, 6) is 0. The van der Waals surface area contributed by atoms with Crippen LogP contribution in [-0.4, -0.2) is 9.55 Å². The highest BCUT2D eigenvalue weighted by Gasteiger charge is 2.03. The molecule has 0 saturated heterocycles. The fraction of sp³-hybridized carbons (Fsp3) is 0.100. The highest BCUT2D eigenvalue weighted by atomic mass is 32.1. The Bertz CT molecular complexity index is 663. The number of hydrogen-bond acceptors (Lipinski definition) is 3. The fourth-order valence-corrected chi connectivity index (χ4v) is 1.67. The molecule has 0 saturated carbocycles. The zero-order valence-electron chi connectivity index (χ0n) is 7.73. The molecule has 0 unspecified atom stereocenters. The van der Waals surface area contributed by atoms with Crippen molar-refractivity contribution in [2.45, 2.75) is 6.54 Å². The number of aromatic nitrogens is 2. The smallest absolute Gasteiger partial charge is 0.263 e. The molecule has 1 N–H and O–H groups in total. The zero-order chi connectivity index (χ0) is 10.8. The number of benzene rings is 1. The van der Waals surface area contributed by atoms with E-state index in [4.69, 9.17) is 17.5 Å². The van der Waals surface area contributed by atoms with Crippen molar-refractivity contribution >= 4 is 23.1 Å². The SMILES string of the molecule is N#CCn1c(=S)[nH]c2ccccc2c1=O. The first-order chi connectivity index (χ1) is 7.24. The molecule has 0 amide bonds. The third-order valence-electron chi connectivity index (χ3n) is 2.12. The molecule has 5 heteroatoms. The fourth-order valence-electron chi connectivity index (χ4n) is 1.41. The lowest BCUT2D eigenvalue weighted by molar-refractivity contribution is 0.760. The van der Waals surface area contributed by atoms with Crippen molar-refractivity contribution in [1.29, 1.82) is 5.26 Å². The molecule has 0 aliphatic rings. The molecule has 2 aromatic rings. The van der Waals surface area contributed by atoms with Crippen molar-refractivity contribution in [3.05, 3.63) is 39.4 Å². The van der Waals surface area contributed by atoms with Gasteiger partial charge in [-0.3, -0.25) is 9.36 Å². The van der Waals surface area contributed by atoms with E-state index >= 15 is 0 Å². The molecule has 4 nitrogen and oxygen atoms in total. The van der Waals surface area contributed by atoms with Crippen LogP contribution in [0.15, 0.2) is 29.1 Å². The summed E-state index contributed by atoms with van der Waals surface area (Å²) in [6.07, 6.45) is 0. The molecule has 15 heavy (non-hydrogen) atoms. The molecule has 1 aromatic heterocycles. The number of nitrogens with zero attached hydrogens (tertiary/aromatic N) is 2. The standard InChI is InChI=1S/C10H7N3OS/c11-5-6-13-9(14)7-3-1-2-4-8(7)12-10(13)15/h1-4H,6H2,(H,12,15). The van der Waals surface area contributed by atoms with Crippen molar-refractivity contribution in [1.82, 2.24) is 9.55 Å². The lowest BCUT2D eigenvalue weighted by Gasteiger charge is -2.02. The number of aromatic amines is 1. The summed E-state index contributed by atoms with van der Waals surface area (Å²) in [7, 11) is 0. The van der Waals surface area contributed by atoms with Gasteiger partial charge < -0.3 is 4.98 Å². The molecule has 1 heterocycles. The van der Waals surface area contributed by atoms with Crippen molar-refractivity contribution in [3.63, 3.8) is 0 Å². The topological polar surface area (TPSA) is 61.6 Å². The predicted molar refractivity (Wildman–Crippen MR) is 59.0 cm³/mol. The first kappa shape index (κ1) is 9.62. The van der Waals surface area contributed by atoms with Crippen LogP contribution in [0, 0.1) is 16.1 Å². The van der Waals surface area contributed by atoms with Crippen LogP contribution in [-0.2, 0) is 6.54 Å². The molecule has 2 rings (SSSR count). The van der Waals surface area contributed by atoms with E-state index < -0.39 is 0 Å². The minimum absolute atomic E-state index is 0.0288. The minimum atomic E-state index is -0.226. The molecule has 0 spiro atoms. The summed E-state index contributed by atoms with van der Waals surface area (Å²) in [6, 6.07) is 8.99. The maximum Gasteiger partial charge on any atom is 0.263 e. The Kier molecular flexibility index (Phi) is 2.35. The van der Waals surface area contributed by atoms with Crippen LogP contribution in [0.3, 0.4) is 0 Å². The van der Waals surface area contributed by atoms with Crippen molar-refractivity contribution < 1.29 is 0 Å². The van der Waals surface area contributed by atoms with Crippen LogP contribution >= 0.6 is 12.2 Å². The first-order valence-corrected chi connectivity index (χ1v) is 4.73. The molecular weight excluding hydrogens is 210 g/mol. The summed E-state index contributed by atoms with van der Waals surface area (Å²) in [5, 5.41) is 9.11. The zero-order valence-corrected chi connectivity index (χ0v) is 8.54. The summed E-state index contributed by atoms with van der Waals surface area (Å²) < 4.78 is 1.53. The number of fused-ring (bicyclic) bond motifs is 1. The Morgan fingerprint density at radius 2 is 2.20 bits per heavy atom. The van der Waals surface area contributed by atoms with Gasteiger partial charge in [0.15, 0.2) is 4.77 Å². The van der Waals surface area contributed by atoms with Crippen LogP contribution < -0.4 is 5.56 Å². The van der Waals surface area contributed by atoms with E-state index in [9.17, 15) is 4.79 Å². The maximum absolute atomic E-state index is 11.9. The maximum atomic E-state index is 11.9. The van der Waals surface area contributed by atoms with Gasteiger partial charge in [0.1, 0.15) is 6.54 Å². The van der Waals surface area contributed by atoms with E-state index in [0.717, 1.165) is 0 Å². The van der Waals surface area contributed by atoms with E-state index in [1.165, 1.54) is 4.57 Å². The molecular formula is C10H7N3OS. The summed E-state index contributed by atoms with van der Waals surface area (Å²) in [5.41, 5.74) is 0.470. The van der Waals surface area contributed by atoms with Gasteiger partial charge in [-0.2, -0.15) is 5.26 Å². The third kappa shape index (κ3) is 1.55. The quantitative estimate of drug-likeness (QED) is 0.738. The van der Waals surface area contributed by atoms with Gasteiger partial charge in [-0.15, -0.1) is 0 Å². The van der Waals surface area contributed by atoms with Gasteiger partial charge in [0, 0.05) is 0 Å². The molecule has 0 bridgehead atoms. The van der Waals surface area contributed by atoms with E-state index in [-0.39, 0.29) is 16.9 Å². The van der Waals surface area contributed by atoms with E-state index in [1.807, 2.05) is 12.1 Å². The highest BCUT2D eigenvalue weighted by molar-refractivity contribution is 7.71. The molecule has 0 atom stereocenters. The molecule has 0 aliphatic carbocycles. The Labute approximate surface area is 90.4 Å². The van der Waals surface area contributed by atoms with Gasteiger partial charge in [0.25, 0.3) is 5.56 Å². The van der Waals surface area contributed by atoms with Crippen LogP contribution in [0.5, 0.6) is 0 Å². The number of H-pyrrole nitrogens is 1. The van der Waals surface area contributed by atoms with Gasteiger partial charge in [0.05, 0.1) is 17.0 Å². The predicted octanol–water partition coefficient (Wildman–Crippen LogP) is 1.58. The summed E-state index contributed by atoms with van der Waals surface area (Å²) in [4.78, 5) is 14.8. The Morgan fingerprint density at radius 3 is 2.93 bits per heavy atom. The van der Waals surface area contributed by atoms with Gasteiger partial charge in [-0.1, -0.05) is 12.1 Å². The third-order valence-corrected chi connectivity index (χ3v) is 2.44. The van der Waals surface area contributed by atoms with Crippen molar-refractivity contribution in [2.75, 3.05) is 0 Å². The summed E-state index contributed by atoms with van der Waals surface area (Å²) in [6.45, 7) is -0.0288.